The number of carbonyl (C=O) groups is 2. The van der Waals surface area contributed by atoms with Crippen LogP contribution in [0.25, 0.3) is 0 Å². The van der Waals surface area contributed by atoms with Gasteiger partial charge in [0.1, 0.15) is 0 Å². The Balaban J connectivity index is 1.72. The van der Waals surface area contributed by atoms with Gasteiger partial charge in [0, 0.05) is 19.0 Å². The average Bonchev–Trinajstić information content (AvgIpc) is 3.37. The molecule has 1 aromatic rings. The molecule has 1 aliphatic carbocycles. The third kappa shape index (κ3) is 2.86. The summed E-state index contributed by atoms with van der Waals surface area (Å²) in [6.45, 7) is 1.06. The molecule has 1 heterocycles. The molecule has 0 atom stereocenters. The molecule has 22 heavy (non-hydrogen) atoms. The lowest BCUT2D eigenvalue weighted by Crippen LogP contribution is -2.45. The zero-order valence-corrected chi connectivity index (χ0v) is 12.8. The molecule has 1 saturated carbocycles. The molecule has 0 aromatic heterocycles. The first kappa shape index (κ1) is 14.7. The maximum atomic E-state index is 12.2. The van der Waals surface area contributed by atoms with E-state index in [1.54, 1.807) is 19.1 Å². The highest BCUT2D eigenvalue weighted by Crippen LogP contribution is 2.33. The van der Waals surface area contributed by atoms with Crippen molar-refractivity contribution in [2.24, 2.45) is 5.92 Å². The molecule has 2 aliphatic rings. The molecule has 3 amide bonds. The molecule has 1 aliphatic heterocycles. The van der Waals surface area contributed by atoms with E-state index in [1.165, 1.54) is 0 Å². The van der Waals surface area contributed by atoms with Crippen molar-refractivity contribution < 1.29 is 19.1 Å². The fourth-order valence-corrected chi connectivity index (χ4v) is 2.69. The monoisotopic (exact) mass is 304 g/mol. The highest BCUT2D eigenvalue weighted by atomic mass is 16.5. The molecule has 0 radical (unpaired) electrons. The summed E-state index contributed by atoms with van der Waals surface area (Å²) >= 11 is 0. The summed E-state index contributed by atoms with van der Waals surface area (Å²) in [4.78, 5) is 25.5. The summed E-state index contributed by atoms with van der Waals surface area (Å²) in [6, 6.07) is 3.55. The molecule has 6 nitrogen and oxygen atoms in total. The van der Waals surface area contributed by atoms with Crippen molar-refractivity contribution in [3.05, 3.63) is 23.3 Å². The van der Waals surface area contributed by atoms with Crippen LogP contribution in [0.4, 0.5) is 4.79 Å². The van der Waals surface area contributed by atoms with Crippen molar-refractivity contribution in [2.45, 2.75) is 25.8 Å². The Morgan fingerprint density at radius 3 is 2.36 bits per heavy atom. The van der Waals surface area contributed by atoms with Gasteiger partial charge >= 0.3 is 6.03 Å². The van der Waals surface area contributed by atoms with Crippen LogP contribution >= 0.6 is 0 Å². The van der Waals surface area contributed by atoms with E-state index in [4.69, 9.17) is 9.47 Å². The zero-order valence-electron chi connectivity index (χ0n) is 12.8. The number of amides is 3. The third-order valence-corrected chi connectivity index (χ3v) is 4.18. The predicted molar refractivity (Wildman–Crippen MR) is 79.9 cm³/mol. The van der Waals surface area contributed by atoms with Gasteiger partial charge in [-0.15, -0.1) is 0 Å². The molecule has 118 valence electrons. The van der Waals surface area contributed by atoms with Crippen molar-refractivity contribution in [1.82, 2.24) is 10.2 Å². The van der Waals surface area contributed by atoms with Gasteiger partial charge in [-0.3, -0.25) is 10.1 Å². The number of rotatable bonds is 3. The Morgan fingerprint density at radius 1 is 1.14 bits per heavy atom. The van der Waals surface area contributed by atoms with Crippen LogP contribution in [0.15, 0.2) is 12.1 Å². The number of hydrogen-bond donors (Lipinski definition) is 1. The third-order valence-electron chi connectivity index (χ3n) is 4.18. The number of hydrogen-bond acceptors (Lipinski definition) is 4. The van der Waals surface area contributed by atoms with Gasteiger partial charge in [0.25, 0.3) is 0 Å². The largest absolute Gasteiger partial charge is 0.493 e. The Kier molecular flexibility index (Phi) is 3.92. The Morgan fingerprint density at radius 2 is 1.77 bits per heavy atom. The van der Waals surface area contributed by atoms with E-state index in [-0.39, 0.29) is 17.9 Å². The number of nitrogens with one attached hydrogen (secondary N) is 1. The van der Waals surface area contributed by atoms with Crippen LogP contribution in [0, 0.1) is 5.92 Å². The molecule has 0 spiro atoms. The Bertz CT molecular complexity index is 610. The van der Waals surface area contributed by atoms with E-state index in [9.17, 15) is 9.59 Å². The average molecular weight is 304 g/mol. The minimum absolute atomic E-state index is 0.0328. The highest BCUT2D eigenvalue weighted by Gasteiger charge is 2.32. The van der Waals surface area contributed by atoms with Crippen LogP contribution in [-0.2, 0) is 17.8 Å². The number of imide groups is 1. The zero-order chi connectivity index (χ0) is 15.7. The second kappa shape index (κ2) is 5.87. The summed E-state index contributed by atoms with van der Waals surface area (Å²) in [5.74, 6) is 1.23. The molecule has 0 bridgehead atoms. The van der Waals surface area contributed by atoms with E-state index in [1.807, 2.05) is 12.1 Å². The summed E-state index contributed by atoms with van der Waals surface area (Å²) in [5.41, 5.74) is 2.17. The molecule has 1 N–H and O–H groups in total. The summed E-state index contributed by atoms with van der Waals surface area (Å²) < 4.78 is 10.6. The maximum absolute atomic E-state index is 12.2. The van der Waals surface area contributed by atoms with Gasteiger partial charge in [0.05, 0.1) is 14.2 Å². The van der Waals surface area contributed by atoms with Gasteiger partial charge in [-0.1, -0.05) is 0 Å². The number of nitrogens with zero attached hydrogens (tertiary/aromatic N) is 1. The first-order chi connectivity index (χ1) is 10.6. The van der Waals surface area contributed by atoms with Crippen LogP contribution < -0.4 is 14.8 Å². The standard InChI is InChI=1S/C16H20N2O4/c1-21-13-7-11-5-6-18(9-12(11)8-14(13)22-2)16(20)17-15(19)10-3-4-10/h7-8,10H,3-6,9H2,1-2H3,(H,17,19,20). The highest BCUT2D eigenvalue weighted by molar-refractivity contribution is 5.96. The summed E-state index contributed by atoms with van der Waals surface area (Å²) in [7, 11) is 3.20. The number of ether oxygens (including phenoxy) is 2. The van der Waals surface area contributed by atoms with Crippen molar-refractivity contribution in [3.63, 3.8) is 0 Å². The Hall–Kier alpha value is -2.24. The molecule has 0 unspecified atom stereocenters. The van der Waals surface area contributed by atoms with Crippen LogP contribution in [-0.4, -0.2) is 37.6 Å². The van der Waals surface area contributed by atoms with E-state index >= 15 is 0 Å². The van der Waals surface area contributed by atoms with E-state index < -0.39 is 0 Å². The molecule has 0 saturated heterocycles. The van der Waals surface area contributed by atoms with Crippen molar-refractivity contribution >= 4 is 11.9 Å². The van der Waals surface area contributed by atoms with Gasteiger partial charge < -0.3 is 14.4 Å². The molecular weight excluding hydrogens is 284 g/mol. The van der Waals surface area contributed by atoms with Gasteiger partial charge in [0.2, 0.25) is 5.91 Å². The topological polar surface area (TPSA) is 67.9 Å². The number of fused-ring (bicyclic) bond motifs is 1. The number of benzene rings is 1. The SMILES string of the molecule is COc1cc2c(cc1OC)CN(C(=O)NC(=O)C1CC1)CC2. The minimum Gasteiger partial charge on any atom is -0.493 e. The van der Waals surface area contributed by atoms with Gasteiger partial charge in [0.15, 0.2) is 11.5 Å². The van der Waals surface area contributed by atoms with Crippen molar-refractivity contribution in [2.75, 3.05) is 20.8 Å². The summed E-state index contributed by atoms with van der Waals surface area (Å²) in [5, 5.41) is 2.49. The van der Waals surface area contributed by atoms with Crippen LogP contribution in [0.2, 0.25) is 0 Å². The molecule has 1 fully saturated rings. The second-order valence-electron chi connectivity index (χ2n) is 5.72. The lowest BCUT2D eigenvalue weighted by molar-refractivity contribution is -0.121. The predicted octanol–water partition coefficient (Wildman–Crippen LogP) is 1.71. The molecular formula is C16H20N2O4. The lowest BCUT2D eigenvalue weighted by Gasteiger charge is -2.29. The number of carbonyl (C=O) groups excluding carboxylic acids is 2. The van der Waals surface area contributed by atoms with Crippen molar-refractivity contribution in [3.8, 4) is 11.5 Å². The van der Waals surface area contributed by atoms with E-state index in [0.29, 0.717) is 24.6 Å². The normalized spacial score (nSPS) is 16.7. The maximum Gasteiger partial charge on any atom is 0.324 e. The fourth-order valence-electron chi connectivity index (χ4n) is 2.69. The van der Waals surface area contributed by atoms with Crippen molar-refractivity contribution in [1.29, 1.82) is 0 Å². The van der Waals surface area contributed by atoms with E-state index in [0.717, 1.165) is 30.4 Å². The van der Waals surface area contributed by atoms with Crippen LogP contribution in [0.1, 0.15) is 24.0 Å². The number of methoxy groups -OCH3 is 2. The summed E-state index contributed by atoms with van der Waals surface area (Å²) in [6.07, 6.45) is 2.51. The van der Waals surface area contributed by atoms with Crippen LogP contribution in [0.3, 0.4) is 0 Å². The lowest BCUT2D eigenvalue weighted by atomic mass is 9.99. The number of urea groups is 1. The smallest absolute Gasteiger partial charge is 0.324 e. The second-order valence-corrected chi connectivity index (χ2v) is 5.72. The molecule has 3 rings (SSSR count). The first-order valence-electron chi connectivity index (χ1n) is 7.46. The quantitative estimate of drug-likeness (QED) is 0.923. The van der Waals surface area contributed by atoms with E-state index in [2.05, 4.69) is 5.32 Å². The molecule has 6 heteroatoms. The first-order valence-corrected chi connectivity index (χ1v) is 7.46. The van der Waals surface area contributed by atoms with Gasteiger partial charge in [-0.05, 0) is 42.5 Å². The minimum atomic E-state index is -0.308. The molecule has 1 aromatic carbocycles. The van der Waals surface area contributed by atoms with Crippen LogP contribution in [0.5, 0.6) is 11.5 Å². The Labute approximate surface area is 129 Å². The van der Waals surface area contributed by atoms with Gasteiger partial charge in [-0.25, -0.2) is 4.79 Å². The fraction of sp³-hybridized carbons (Fsp3) is 0.500. The van der Waals surface area contributed by atoms with Gasteiger partial charge in [-0.2, -0.15) is 0 Å².